The zero-order valence-electron chi connectivity index (χ0n) is 12.5. The molecule has 25 heavy (non-hydrogen) atoms. The number of hydrogen-bond donors (Lipinski definition) is 1. The Labute approximate surface area is 144 Å². The first kappa shape index (κ1) is 16.6. The van der Waals surface area contributed by atoms with Crippen molar-refractivity contribution in [2.45, 2.75) is 17.9 Å². The van der Waals surface area contributed by atoms with Crippen LogP contribution in [0.1, 0.15) is 5.56 Å². The maximum absolute atomic E-state index is 13.0. The second kappa shape index (κ2) is 5.06. The van der Waals surface area contributed by atoms with Crippen LogP contribution < -0.4 is 4.90 Å². The summed E-state index contributed by atoms with van der Waals surface area (Å²) in [6.07, 6.45) is -2.22. The first-order valence-corrected chi connectivity index (χ1v) is 7.80. The molecule has 1 N–H and O–H groups in total. The number of aliphatic hydroxyl groups excluding tert-OH is 1. The van der Waals surface area contributed by atoms with E-state index in [1.165, 1.54) is 6.08 Å². The lowest BCUT2D eigenvalue weighted by Gasteiger charge is -2.26. The lowest BCUT2D eigenvalue weighted by atomic mass is 9.77. The van der Waals surface area contributed by atoms with E-state index in [0.29, 0.717) is 11.0 Å². The number of carbonyl (C=O) groups is 2. The van der Waals surface area contributed by atoms with E-state index in [1.54, 1.807) is 6.08 Å². The number of benzene rings is 1. The summed E-state index contributed by atoms with van der Waals surface area (Å²) in [4.78, 5) is 26.2. The third-order valence-corrected chi connectivity index (χ3v) is 5.24. The number of halogens is 4. The monoisotopic (exact) mass is 373 g/mol. The molecule has 2 saturated heterocycles. The summed E-state index contributed by atoms with van der Waals surface area (Å²) in [7, 11) is 0. The highest BCUT2D eigenvalue weighted by Gasteiger charge is 2.67. The van der Waals surface area contributed by atoms with Crippen LogP contribution in [0.3, 0.4) is 0 Å². The molecular formula is C16H11ClF3NO4. The van der Waals surface area contributed by atoms with Gasteiger partial charge >= 0.3 is 6.18 Å². The van der Waals surface area contributed by atoms with E-state index in [-0.39, 0.29) is 10.7 Å². The lowest BCUT2D eigenvalue weighted by Crippen LogP contribution is -2.43. The fraction of sp³-hybridized carbons (Fsp3) is 0.375. The summed E-state index contributed by atoms with van der Waals surface area (Å²) in [6, 6.07) is 2.46. The number of alkyl halides is 3. The van der Waals surface area contributed by atoms with E-state index in [2.05, 4.69) is 0 Å². The van der Waals surface area contributed by atoms with Crippen molar-refractivity contribution >= 4 is 29.1 Å². The maximum atomic E-state index is 13.0. The van der Waals surface area contributed by atoms with Crippen molar-refractivity contribution in [3.05, 3.63) is 40.9 Å². The molecule has 3 aliphatic rings. The van der Waals surface area contributed by atoms with Crippen LogP contribution in [0.2, 0.25) is 5.02 Å². The van der Waals surface area contributed by atoms with Gasteiger partial charge in [-0.2, -0.15) is 13.2 Å². The Kier molecular flexibility index (Phi) is 3.35. The minimum Gasteiger partial charge on any atom is -0.393 e. The highest BCUT2D eigenvalue weighted by molar-refractivity contribution is 6.36. The standard InChI is InChI=1S/C16H11ClF3NO4/c17-8-2-1-7(16(18,19)20)5-9(8)21-13(23)11-10-3-4-15(6-22,25-10)12(11)14(21)24/h1-5,10-12,22H,6H2/t10-,11-,12-,15+/m0/s1. The second-order valence-corrected chi connectivity index (χ2v) is 6.64. The molecule has 1 aromatic carbocycles. The van der Waals surface area contributed by atoms with Crippen LogP contribution >= 0.6 is 11.6 Å². The summed E-state index contributed by atoms with van der Waals surface area (Å²) in [5, 5.41) is 9.48. The molecule has 0 radical (unpaired) electrons. The van der Waals surface area contributed by atoms with Gasteiger partial charge in [-0.15, -0.1) is 0 Å². The van der Waals surface area contributed by atoms with Gasteiger partial charge in [0.2, 0.25) is 11.8 Å². The molecule has 9 heteroatoms. The topological polar surface area (TPSA) is 66.8 Å². The first-order chi connectivity index (χ1) is 11.7. The number of amides is 2. The van der Waals surface area contributed by atoms with E-state index in [0.717, 1.165) is 12.1 Å². The number of anilines is 1. The van der Waals surface area contributed by atoms with E-state index >= 15 is 0 Å². The fourth-order valence-electron chi connectivity index (χ4n) is 3.78. The Balaban J connectivity index is 1.79. The predicted molar refractivity (Wildman–Crippen MR) is 79.8 cm³/mol. The van der Waals surface area contributed by atoms with Gasteiger partial charge in [-0.05, 0) is 18.2 Å². The Hall–Kier alpha value is -1.90. The third kappa shape index (κ3) is 2.11. The molecule has 4 atom stereocenters. The minimum absolute atomic E-state index is 0.144. The molecule has 132 valence electrons. The smallest absolute Gasteiger partial charge is 0.393 e. The molecular weight excluding hydrogens is 363 g/mol. The molecule has 2 fully saturated rings. The molecule has 3 aliphatic heterocycles. The molecule has 2 amide bonds. The van der Waals surface area contributed by atoms with Crippen LogP contribution in [0, 0.1) is 11.8 Å². The first-order valence-electron chi connectivity index (χ1n) is 7.42. The lowest BCUT2D eigenvalue weighted by molar-refractivity contribution is -0.137. The molecule has 5 nitrogen and oxygen atoms in total. The van der Waals surface area contributed by atoms with Gasteiger partial charge in [0.15, 0.2) is 0 Å². The minimum atomic E-state index is -4.64. The zero-order chi connectivity index (χ0) is 18.1. The summed E-state index contributed by atoms with van der Waals surface area (Å²) in [5.74, 6) is -3.26. The van der Waals surface area contributed by atoms with Crippen molar-refractivity contribution < 1.29 is 32.6 Å². The van der Waals surface area contributed by atoms with Gasteiger partial charge in [0.05, 0.1) is 40.8 Å². The number of imide groups is 1. The summed E-state index contributed by atoms with van der Waals surface area (Å²) < 4.78 is 44.5. The van der Waals surface area contributed by atoms with E-state index in [1.807, 2.05) is 0 Å². The molecule has 2 bridgehead atoms. The molecule has 3 heterocycles. The van der Waals surface area contributed by atoms with Crippen LogP contribution in [-0.4, -0.2) is 35.2 Å². The maximum Gasteiger partial charge on any atom is 0.416 e. The Bertz CT molecular complexity index is 824. The van der Waals surface area contributed by atoms with E-state index in [9.17, 15) is 27.9 Å². The van der Waals surface area contributed by atoms with Crippen molar-refractivity contribution in [1.29, 1.82) is 0 Å². The highest BCUT2D eigenvalue weighted by atomic mass is 35.5. The number of carbonyl (C=O) groups excluding carboxylic acids is 2. The Morgan fingerprint density at radius 2 is 2.00 bits per heavy atom. The summed E-state index contributed by atoms with van der Waals surface area (Å²) in [6.45, 7) is -0.510. The molecule has 0 spiro atoms. The molecule has 0 saturated carbocycles. The number of ether oxygens (including phenoxy) is 1. The summed E-state index contributed by atoms with van der Waals surface area (Å²) >= 11 is 5.96. The summed E-state index contributed by atoms with van der Waals surface area (Å²) in [5.41, 5.74) is -2.64. The van der Waals surface area contributed by atoms with Crippen LogP contribution in [0.5, 0.6) is 0 Å². The van der Waals surface area contributed by atoms with Gasteiger partial charge in [0.1, 0.15) is 5.60 Å². The van der Waals surface area contributed by atoms with E-state index in [4.69, 9.17) is 16.3 Å². The second-order valence-electron chi connectivity index (χ2n) is 6.23. The van der Waals surface area contributed by atoms with Crippen molar-refractivity contribution in [2.75, 3.05) is 11.5 Å². The number of rotatable bonds is 2. The molecule has 1 aromatic rings. The van der Waals surface area contributed by atoms with Gasteiger partial charge in [-0.1, -0.05) is 23.8 Å². The largest absolute Gasteiger partial charge is 0.416 e. The fourth-order valence-corrected chi connectivity index (χ4v) is 3.98. The molecule has 0 aromatic heterocycles. The Morgan fingerprint density at radius 3 is 2.64 bits per heavy atom. The average Bonchev–Trinajstić information content (AvgIpc) is 3.19. The zero-order valence-corrected chi connectivity index (χ0v) is 13.2. The van der Waals surface area contributed by atoms with E-state index < -0.39 is 53.7 Å². The number of aliphatic hydroxyl groups is 1. The van der Waals surface area contributed by atoms with Crippen molar-refractivity contribution in [1.82, 2.24) is 0 Å². The predicted octanol–water partition coefficient (Wildman–Crippen LogP) is 2.16. The molecule has 4 rings (SSSR count). The van der Waals surface area contributed by atoms with Crippen LogP contribution in [-0.2, 0) is 20.5 Å². The molecule has 0 aliphatic carbocycles. The van der Waals surface area contributed by atoms with Crippen molar-refractivity contribution in [2.24, 2.45) is 11.8 Å². The van der Waals surface area contributed by atoms with Gasteiger partial charge in [-0.3, -0.25) is 9.59 Å². The number of nitrogens with zero attached hydrogens (tertiary/aromatic N) is 1. The van der Waals surface area contributed by atoms with Crippen molar-refractivity contribution in [3.63, 3.8) is 0 Å². The SMILES string of the molecule is O=C1[C@H]2[C@@H]3C=C[C@](CO)(O3)[C@@H]2C(=O)N1c1cc(C(F)(F)F)ccc1Cl. The van der Waals surface area contributed by atoms with Gasteiger partial charge in [0.25, 0.3) is 0 Å². The van der Waals surface area contributed by atoms with Crippen LogP contribution in [0.15, 0.2) is 30.4 Å². The molecule has 0 unspecified atom stereocenters. The third-order valence-electron chi connectivity index (χ3n) is 4.92. The van der Waals surface area contributed by atoms with Crippen LogP contribution in [0.25, 0.3) is 0 Å². The number of fused-ring (bicyclic) bond motifs is 5. The quantitative estimate of drug-likeness (QED) is 0.637. The van der Waals surface area contributed by atoms with Gasteiger partial charge < -0.3 is 9.84 Å². The van der Waals surface area contributed by atoms with Gasteiger partial charge in [0, 0.05) is 0 Å². The Morgan fingerprint density at radius 1 is 1.28 bits per heavy atom. The highest BCUT2D eigenvalue weighted by Crippen LogP contribution is 2.53. The van der Waals surface area contributed by atoms with Gasteiger partial charge in [-0.25, -0.2) is 4.90 Å². The number of hydrogen-bond acceptors (Lipinski definition) is 4. The normalized spacial score (nSPS) is 33.5. The van der Waals surface area contributed by atoms with Crippen molar-refractivity contribution in [3.8, 4) is 0 Å². The van der Waals surface area contributed by atoms with Crippen LogP contribution in [0.4, 0.5) is 18.9 Å². The average molecular weight is 374 g/mol.